The number of aryl methyl sites for hydroxylation is 1. The normalized spacial score (nSPS) is 16.8. The summed E-state index contributed by atoms with van der Waals surface area (Å²) < 4.78 is 30.2. The van der Waals surface area contributed by atoms with Crippen LogP contribution in [-0.2, 0) is 10.0 Å². The molecule has 24 heavy (non-hydrogen) atoms. The van der Waals surface area contributed by atoms with Crippen molar-refractivity contribution < 1.29 is 17.9 Å². The number of rotatable bonds is 3. The summed E-state index contributed by atoms with van der Waals surface area (Å²) in [7, 11) is -3.27. The van der Waals surface area contributed by atoms with E-state index in [2.05, 4.69) is 4.99 Å². The number of aromatic hydroxyl groups is 1. The summed E-state index contributed by atoms with van der Waals surface area (Å²) in [5.41, 5.74) is 0.255. The van der Waals surface area contributed by atoms with Crippen molar-refractivity contribution in [1.82, 2.24) is 0 Å². The molecule has 1 aliphatic rings. The Hall–Kier alpha value is -2.61. The molecule has 1 fully saturated rings. The Labute approximate surface area is 138 Å². The van der Waals surface area contributed by atoms with Crippen LogP contribution in [-0.4, -0.2) is 32.0 Å². The lowest BCUT2D eigenvalue weighted by Gasteiger charge is -2.16. The van der Waals surface area contributed by atoms with Crippen molar-refractivity contribution >= 4 is 27.6 Å². The van der Waals surface area contributed by atoms with Gasteiger partial charge >= 0.3 is 5.63 Å². The van der Waals surface area contributed by atoms with Crippen LogP contribution in [0.25, 0.3) is 0 Å². The summed E-state index contributed by atoms with van der Waals surface area (Å²) >= 11 is 0. The number of hydrogen-bond donors (Lipinski definition) is 1. The molecule has 126 valence electrons. The van der Waals surface area contributed by atoms with Crippen molar-refractivity contribution in [3.05, 3.63) is 52.1 Å². The maximum atomic E-state index is 12.0. The van der Waals surface area contributed by atoms with Crippen molar-refractivity contribution in [2.75, 3.05) is 16.6 Å². The van der Waals surface area contributed by atoms with Crippen molar-refractivity contribution in [1.29, 1.82) is 0 Å². The van der Waals surface area contributed by atoms with E-state index in [1.54, 1.807) is 31.2 Å². The number of hydrogen-bond acceptors (Lipinski definition) is 6. The van der Waals surface area contributed by atoms with Gasteiger partial charge in [-0.05, 0) is 31.5 Å². The Morgan fingerprint density at radius 3 is 2.79 bits per heavy atom. The van der Waals surface area contributed by atoms with Gasteiger partial charge in [0, 0.05) is 18.8 Å². The van der Waals surface area contributed by atoms with Gasteiger partial charge in [0.15, 0.2) is 0 Å². The van der Waals surface area contributed by atoms with E-state index >= 15 is 0 Å². The Morgan fingerprint density at radius 1 is 1.33 bits per heavy atom. The third-order valence-electron chi connectivity index (χ3n) is 3.65. The van der Waals surface area contributed by atoms with Crippen molar-refractivity contribution in [2.45, 2.75) is 13.3 Å². The molecule has 7 nitrogen and oxygen atoms in total. The van der Waals surface area contributed by atoms with Crippen LogP contribution in [0.1, 0.15) is 17.7 Å². The SMILES string of the molecule is Cc1cc(O)c(C=Nc2cccc(N3CCCS3(=O)=O)c2)c(=O)o1. The highest BCUT2D eigenvalue weighted by molar-refractivity contribution is 7.93. The highest BCUT2D eigenvalue weighted by Gasteiger charge is 2.28. The average Bonchev–Trinajstić information content (AvgIpc) is 2.86. The van der Waals surface area contributed by atoms with Gasteiger partial charge in [0.1, 0.15) is 17.1 Å². The summed E-state index contributed by atoms with van der Waals surface area (Å²) in [5, 5.41) is 9.81. The summed E-state index contributed by atoms with van der Waals surface area (Å²) in [5.74, 6) is 0.223. The predicted molar refractivity (Wildman–Crippen MR) is 90.8 cm³/mol. The fraction of sp³-hybridized carbons (Fsp3) is 0.250. The van der Waals surface area contributed by atoms with Gasteiger partial charge in [-0.1, -0.05) is 6.07 Å². The van der Waals surface area contributed by atoms with Crippen molar-refractivity contribution in [3.8, 4) is 5.75 Å². The van der Waals surface area contributed by atoms with Gasteiger partial charge < -0.3 is 9.52 Å². The fourth-order valence-corrected chi connectivity index (χ4v) is 4.08. The number of aliphatic imine (C=N–C) groups is 1. The molecule has 0 bridgehead atoms. The molecule has 3 rings (SSSR count). The van der Waals surface area contributed by atoms with Gasteiger partial charge in [0.05, 0.1) is 17.1 Å². The van der Waals surface area contributed by atoms with E-state index < -0.39 is 15.6 Å². The average molecular weight is 348 g/mol. The van der Waals surface area contributed by atoms with Crippen LogP contribution in [0.3, 0.4) is 0 Å². The van der Waals surface area contributed by atoms with E-state index in [0.29, 0.717) is 30.1 Å². The Balaban J connectivity index is 1.92. The molecular formula is C16H16N2O5S. The lowest BCUT2D eigenvalue weighted by molar-refractivity contribution is 0.433. The number of anilines is 1. The summed E-state index contributed by atoms with van der Waals surface area (Å²) in [6.07, 6.45) is 1.80. The van der Waals surface area contributed by atoms with Gasteiger partial charge in [-0.3, -0.25) is 9.30 Å². The summed E-state index contributed by atoms with van der Waals surface area (Å²) in [6.45, 7) is 2.00. The van der Waals surface area contributed by atoms with Crippen LogP contribution in [0.4, 0.5) is 11.4 Å². The molecule has 2 aromatic rings. The van der Waals surface area contributed by atoms with Crippen molar-refractivity contribution in [2.24, 2.45) is 4.99 Å². The fourth-order valence-electron chi connectivity index (χ4n) is 2.52. The summed E-state index contributed by atoms with van der Waals surface area (Å²) in [4.78, 5) is 15.9. The van der Waals surface area contributed by atoms with E-state index in [9.17, 15) is 18.3 Å². The minimum atomic E-state index is -3.27. The number of sulfonamides is 1. The molecule has 1 aromatic carbocycles. The zero-order valence-corrected chi connectivity index (χ0v) is 13.8. The molecule has 1 aromatic heterocycles. The first kappa shape index (κ1) is 16.3. The van der Waals surface area contributed by atoms with Gasteiger partial charge in [0.2, 0.25) is 10.0 Å². The second kappa shape index (κ2) is 6.12. The maximum Gasteiger partial charge on any atom is 0.348 e. The smallest absolute Gasteiger partial charge is 0.348 e. The highest BCUT2D eigenvalue weighted by Crippen LogP contribution is 2.27. The first-order valence-electron chi connectivity index (χ1n) is 7.35. The second-order valence-electron chi connectivity index (χ2n) is 5.46. The van der Waals surface area contributed by atoms with Crippen molar-refractivity contribution in [3.63, 3.8) is 0 Å². The first-order valence-corrected chi connectivity index (χ1v) is 8.96. The van der Waals surface area contributed by atoms with Gasteiger partial charge in [-0.25, -0.2) is 13.2 Å². The molecule has 2 heterocycles. The van der Waals surface area contributed by atoms with Crippen LogP contribution < -0.4 is 9.93 Å². The summed E-state index contributed by atoms with van der Waals surface area (Å²) in [6, 6.07) is 8.00. The molecule has 1 saturated heterocycles. The highest BCUT2D eigenvalue weighted by atomic mass is 32.2. The second-order valence-corrected chi connectivity index (χ2v) is 7.48. The number of benzene rings is 1. The molecule has 0 spiro atoms. The van der Waals surface area contributed by atoms with E-state index in [0.717, 1.165) is 0 Å². The molecule has 1 aliphatic heterocycles. The van der Waals surface area contributed by atoms with Gasteiger partial charge in [0.25, 0.3) is 0 Å². The molecule has 0 aliphatic carbocycles. The van der Waals surface area contributed by atoms with E-state index in [1.807, 2.05) is 0 Å². The molecule has 0 amide bonds. The minimum absolute atomic E-state index is 0.0557. The molecule has 0 radical (unpaired) electrons. The molecule has 0 unspecified atom stereocenters. The van der Waals surface area contributed by atoms with Crippen LogP contribution in [0, 0.1) is 6.92 Å². The standard InChI is InChI=1S/C16H16N2O5S/c1-11-8-15(19)14(16(20)23-11)10-17-12-4-2-5-13(9-12)18-6-3-7-24(18,21)22/h2,4-5,8-10,19H,3,6-7H2,1H3. The van der Waals surface area contributed by atoms with Crippen LogP contribution >= 0.6 is 0 Å². The molecular weight excluding hydrogens is 332 g/mol. The lowest BCUT2D eigenvalue weighted by Crippen LogP contribution is -2.24. The zero-order valence-electron chi connectivity index (χ0n) is 13.0. The van der Waals surface area contributed by atoms with E-state index in [4.69, 9.17) is 4.42 Å². The molecule has 0 atom stereocenters. The predicted octanol–water partition coefficient (Wildman–Crippen LogP) is 1.94. The maximum absolute atomic E-state index is 12.0. The van der Waals surface area contributed by atoms with E-state index in [1.165, 1.54) is 16.6 Å². The minimum Gasteiger partial charge on any atom is -0.507 e. The largest absolute Gasteiger partial charge is 0.507 e. The zero-order chi connectivity index (χ0) is 17.3. The first-order chi connectivity index (χ1) is 11.4. The Morgan fingerprint density at radius 2 is 2.12 bits per heavy atom. The Kier molecular flexibility index (Phi) is 4.15. The monoisotopic (exact) mass is 348 g/mol. The molecule has 1 N–H and O–H groups in total. The molecule has 8 heteroatoms. The van der Waals surface area contributed by atoms with Gasteiger partial charge in [-0.15, -0.1) is 0 Å². The third-order valence-corrected chi connectivity index (χ3v) is 5.52. The van der Waals surface area contributed by atoms with Crippen LogP contribution in [0.2, 0.25) is 0 Å². The quantitative estimate of drug-likeness (QED) is 0.855. The Bertz CT molecular complexity index is 963. The topological polar surface area (TPSA) is 100 Å². The molecule has 0 saturated carbocycles. The third kappa shape index (κ3) is 3.18. The lowest BCUT2D eigenvalue weighted by atomic mass is 10.2. The van der Waals surface area contributed by atoms with E-state index in [-0.39, 0.29) is 17.1 Å². The van der Waals surface area contributed by atoms with Crippen LogP contribution in [0.5, 0.6) is 5.75 Å². The van der Waals surface area contributed by atoms with Crippen LogP contribution in [0.15, 0.2) is 44.5 Å². The number of nitrogens with zero attached hydrogens (tertiary/aromatic N) is 2. The van der Waals surface area contributed by atoms with Gasteiger partial charge in [-0.2, -0.15) is 0 Å².